The SMILES string of the molecule is C/C=C(\C)C[C@H](C)C[C@H](C)[C@@H](O)[C@H]1C=CC(=O)O1. The summed E-state index contributed by atoms with van der Waals surface area (Å²) in [7, 11) is 0. The minimum absolute atomic E-state index is 0.116. The van der Waals surface area contributed by atoms with Gasteiger partial charge < -0.3 is 9.84 Å². The molecule has 0 aromatic rings. The van der Waals surface area contributed by atoms with Crippen LogP contribution in [0.4, 0.5) is 0 Å². The van der Waals surface area contributed by atoms with E-state index < -0.39 is 12.2 Å². The molecule has 0 aromatic carbocycles. The molecular weight excluding hydrogens is 228 g/mol. The van der Waals surface area contributed by atoms with Crippen molar-refractivity contribution in [3.63, 3.8) is 0 Å². The molecule has 0 bridgehead atoms. The minimum Gasteiger partial charge on any atom is -0.452 e. The van der Waals surface area contributed by atoms with Crippen molar-refractivity contribution in [3.05, 3.63) is 23.8 Å². The zero-order valence-electron chi connectivity index (χ0n) is 11.7. The molecule has 0 fully saturated rings. The summed E-state index contributed by atoms with van der Waals surface area (Å²) in [5.41, 5.74) is 1.37. The topological polar surface area (TPSA) is 46.5 Å². The van der Waals surface area contributed by atoms with E-state index in [4.69, 9.17) is 4.74 Å². The number of hydrogen-bond donors (Lipinski definition) is 1. The van der Waals surface area contributed by atoms with Gasteiger partial charge in [-0.25, -0.2) is 4.79 Å². The first-order valence-corrected chi connectivity index (χ1v) is 6.62. The molecule has 0 unspecified atom stereocenters. The first-order valence-electron chi connectivity index (χ1n) is 6.62. The highest BCUT2D eigenvalue weighted by atomic mass is 16.6. The third-order valence-electron chi connectivity index (χ3n) is 3.53. The molecule has 1 heterocycles. The second kappa shape index (κ2) is 6.74. The first kappa shape index (κ1) is 15.0. The van der Waals surface area contributed by atoms with Gasteiger partial charge in [0.2, 0.25) is 0 Å². The Labute approximate surface area is 110 Å². The van der Waals surface area contributed by atoms with Gasteiger partial charge in [-0.05, 0) is 44.6 Å². The molecule has 1 aliphatic rings. The van der Waals surface area contributed by atoms with Crippen molar-refractivity contribution >= 4 is 5.97 Å². The first-order chi connectivity index (χ1) is 8.43. The summed E-state index contributed by atoms with van der Waals surface area (Å²) in [6.07, 6.45) is 6.05. The zero-order chi connectivity index (χ0) is 13.7. The maximum Gasteiger partial charge on any atom is 0.331 e. The van der Waals surface area contributed by atoms with E-state index >= 15 is 0 Å². The van der Waals surface area contributed by atoms with Crippen LogP contribution in [0.25, 0.3) is 0 Å². The number of hydrogen-bond acceptors (Lipinski definition) is 3. The van der Waals surface area contributed by atoms with E-state index in [9.17, 15) is 9.90 Å². The fraction of sp³-hybridized carbons (Fsp3) is 0.667. The summed E-state index contributed by atoms with van der Waals surface area (Å²) < 4.78 is 5.02. The molecule has 0 saturated carbocycles. The van der Waals surface area contributed by atoms with Gasteiger partial charge in [-0.2, -0.15) is 0 Å². The third-order valence-corrected chi connectivity index (χ3v) is 3.53. The molecule has 0 aliphatic carbocycles. The van der Waals surface area contributed by atoms with Gasteiger partial charge in [-0.15, -0.1) is 0 Å². The average Bonchev–Trinajstić information content (AvgIpc) is 2.74. The number of aliphatic hydroxyl groups excluding tert-OH is 1. The molecule has 4 atom stereocenters. The van der Waals surface area contributed by atoms with Crippen LogP contribution in [0, 0.1) is 11.8 Å². The number of esters is 1. The Hall–Kier alpha value is -1.09. The summed E-state index contributed by atoms with van der Waals surface area (Å²) in [6.45, 7) is 8.36. The van der Waals surface area contributed by atoms with E-state index in [1.54, 1.807) is 6.08 Å². The molecule has 0 aromatic heterocycles. The molecule has 3 heteroatoms. The molecule has 3 nitrogen and oxygen atoms in total. The number of aliphatic hydroxyl groups is 1. The lowest BCUT2D eigenvalue weighted by Crippen LogP contribution is -2.32. The van der Waals surface area contributed by atoms with Gasteiger partial charge in [0.25, 0.3) is 0 Å². The van der Waals surface area contributed by atoms with Gasteiger partial charge >= 0.3 is 5.97 Å². The molecule has 102 valence electrons. The lowest BCUT2D eigenvalue weighted by molar-refractivity contribution is -0.144. The summed E-state index contributed by atoms with van der Waals surface area (Å²) in [6, 6.07) is 0. The number of carbonyl (C=O) groups excluding carboxylic acids is 1. The zero-order valence-corrected chi connectivity index (χ0v) is 11.7. The second-order valence-corrected chi connectivity index (χ2v) is 5.41. The van der Waals surface area contributed by atoms with Crippen LogP contribution in [0.1, 0.15) is 40.5 Å². The van der Waals surface area contributed by atoms with E-state index in [1.165, 1.54) is 11.6 Å². The van der Waals surface area contributed by atoms with Crippen molar-refractivity contribution < 1.29 is 14.6 Å². The quantitative estimate of drug-likeness (QED) is 0.584. The summed E-state index contributed by atoms with van der Waals surface area (Å²) in [5, 5.41) is 10.1. The number of carbonyl (C=O) groups is 1. The van der Waals surface area contributed by atoms with Crippen molar-refractivity contribution in [2.75, 3.05) is 0 Å². The van der Waals surface area contributed by atoms with Crippen molar-refractivity contribution in [1.82, 2.24) is 0 Å². The summed E-state index contributed by atoms with van der Waals surface area (Å²) in [5.74, 6) is 0.279. The molecule has 0 saturated heterocycles. The van der Waals surface area contributed by atoms with E-state index in [1.807, 2.05) is 13.8 Å². The van der Waals surface area contributed by atoms with Crippen molar-refractivity contribution in [2.45, 2.75) is 52.7 Å². The smallest absolute Gasteiger partial charge is 0.331 e. The van der Waals surface area contributed by atoms with Crippen molar-refractivity contribution in [2.24, 2.45) is 11.8 Å². The predicted molar refractivity (Wildman–Crippen MR) is 72.0 cm³/mol. The highest BCUT2D eigenvalue weighted by Gasteiger charge is 2.29. The highest BCUT2D eigenvalue weighted by molar-refractivity contribution is 5.84. The van der Waals surface area contributed by atoms with Gasteiger partial charge in [0.15, 0.2) is 0 Å². The molecule has 0 amide bonds. The largest absolute Gasteiger partial charge is 0.452 e. The van der Waals surface area contributed by atoms with Crippen LogP contribution in [0.15, 0.2) is 23.8 Å². The van der Waals surface area contributed by atoms with Crippen LogP contribution in [0.2, 0.25) is 0 Å². The minimum atomic E-state index is -0.610. The second-order valence-electron chi connectivity index (χ2n) is 5.41. The highest BCUT2D eigenvalue weighted by Crippen LogP contribution is 2.25. The maximum atomic E-state index is 11.0. The number of allylic oxidation sites excluding steroid dienone is 2. The Kier molecular flexibility index (Phi) is 5.60. The predicted octanol–water partition coefficient (Wildman–Crippen LogP) is 2.85. The Morgan fingerprint density at radius 3 is 2.72 bits per heavy atom. The molecular formula is C15H24O3. The average molecular weight is 252 g/mol. The molecule has 0 spiro atoms. The fourth-order valence-electron chi connectivity index (χ4n) is 2.42. The number of cyclic esters (lactones) is 1. The summed E-state index contributed by atoms with van der Waals surface area (Å²) in [4.78, 5) is 11.0. The Bertz CT molecular complexity index is 344. The van der Waals surface area contributed by atoms with Gasteiger partial charge in [-0.3, -0.25) is 0 Å². The molecule has 1 N–H and O–H groups in total. The van der Waals surface area contributed by atoms with E-state index in [-0.39, 0.29) is 11.9 Å². The van der Waals surface area contributed by atoms with Crippen LogP contribution in [-0.4, -0.2) is 23.3 Å². The molecule has 0 radical (unpaired) electrons. The van der Waals surface area contributed by atoms with E-state index in [0.29, 0.717) is 5.92 Å². The Morgan fingerprint density at radius 1 is 1.56 bits per heavy atom. The lowest BCUT2D eigenvalue weighted by atomic mass is 9.87. The van der Waals surface area contributed by atoms with E-state index in [0.717, 1.165) is 12.8 Å². The normalized spacial score (nSPS) is 24.8. The number of rotatable bonds is 6. The van der Waals surface area contributed by atoms with Gasteiger partial charge in [0, 0.05) is 6.08 Å². The third kappa shape index (κ3) is 4.30. The molecule has 18 heavy (non-hydrogen) atoms. The van der Waals surface area contributed by atoms with Crippen LogP contribution >= 0.6 is 0 Å². The van der Waals surface area contributed by atoms with Crippen molar-refractivity contribution in [1.29, 1.82) is 0 Å². The van der Waals surface area contributed by atoms with E-state index in [2.05, 4.69) is 19.9 Å². The monoisotopic (exact) mass is 252 g/mol. The molecule has 1 aliphatic heterocycles. The van der Waals surface area contributed by atoms with Gasteiger partial charge in [-0.1, -0.05) is 25.5 Å². The van der Waals surface area contributed by atoms with Gasteiger partial charge in [0.05, 0.1) is 6.10 Å². The maximum absolute atomic E-state index is 11.0. The van der Waals surface area contributed by atoms with Gasteiger partial charge in [0.1, 0.15) is 6.10 Å². The Morgan fingerprint density at radius 2 is 2.22 bits per heavy atom. The summed E-state index contributed by atoms with van der Waals surface area (Å²) >= 11 is 0. The van der Waals surface area contributed by atoms with Crippen LogP contribution in [0.5, 0.6) is 0 Å². The standard InChI is InChI=1S/C15H24O3/c1-5-10(2)8-11(3)9-12(4)15(17)13-6-7-14(16)18-13/h5-7,11-13,15,17H,8-9H2,1-4H3/b10-5+/t11-,12-,13+,15+/m0/s1. The lowest BCUT2D eigenvalue weighted by Gasteiger charge is -2.25. The fourth-order valence-corrected chi connectivity index (χ4v) is 2.42. The van der Waals surface area contributed by atoms with Crippen molar-refractivity contribution in [3.8, 4) is 0 Å². The Balaban J connectivity index is 2.42. The molecule has 1 rings (SSSR count). The van der Waals surface area contributed by atoms with Crippen LogP contribution in [0.3, 0.4) is 0 Å². The number of ether oxygens (including phenoxy) is 1. The van der Waals surface area contributed by atoms with Crippen LogP contribution in [-0.2, 0) is 9.53 Å². The van der Waals surface area contributed by atoms with Crippen LogP contribution < -0.4 is 0 Å².